The Bertz CT molecular complexity index is 677. The second-order valence-electron chi connectivity index (χ2n) is 7.32. The van der Waals surface area contributed by atoms with Crippen molar-refractivity contribution >= 4 is 33.3 Å². The minimum atomic E-state index is -1.62. The van der Waals surface area contributed by atoms with Crippen LogP contribution in [0.1, 0.15) is 70.0 Å². The van der Waals surface area contributed by atoms with Gasteiger partial charge in [0, 0.05) is 16.9 Å². The maximum atomic E-state index is 15.1. The smallest absolute Gasteiger partial charge is 0.307 e. The van der Waals surface area contributed by atoms with Crippen molar-refractivity contribution in [2.24, 2.45) is 0 Å². The highest BCUT2D eigenvalue weighted by Gasteiger charge is 2.37. The summed E-state index contributed by atoms with van der Waals surface area (Å²) in [7, 11) is 0. The lowest BCUT2D eigenvalue weighted by molar-refractivity contribution is -0.143. The van der Waals surface area contributed by atoms with E-state index < -0.39 is 39.8 Å². The van der Waals surface area contributed by atoms with Gasteiger partial charge in [-0.25, -0.2) is 8.78 Å². The van der Waals surface area contributed by atoms with Crippen LogP contribution in [0.25, 0.3) is 0 Å². The van der Waals surface area contributed by atoms with Crippen molar-refractivity contribution in [1.29, 1.82) is 0 Å². The first kappa shape index (κ1) is 21.6. The maximum Gasteiger partial charge on any atom is 0.307 e. The molecule has 2 atom stereocenters. The Morgan fingerprint density at radius 3 is 2.54 bits per heavy atom. The van der Waals surface area contributed by atoms with E-state index in [0.717, 1.165) is 12.8 Å². The first-order valence-electron chi connectivity index (χ1n) is 8.57. The Kier molecular flexibility index (Phi) is 7.10. The zero-order chi connectivity index (χ0) is 19.6. The molecule has 26 heavy (non-hydrogen) atoms. The monoisotopic (exact) mass is 451 g/mol. The van der Waals surface area contributed by atoms with Crippen LogP contribution in [0.2, 0.25) is 0 Å². The molecule has 4 nitrogen and oxygen atoms in total. The Labute approximate surface area is 164 Å². The van der Waals surface area contributed by atoms with E-state index in [1.807, 2.05) is 0 Å². The van der Waals surface area contributed by atoms with Crippen molar-refractivity contribution < 1.29 is 22.9 Å². The van der Waals surface area contributed by atoms with E-state index in [4.69, 9.17) is 4.74 Å². The van der Waals surface area contributed by atoms with Gasteiger partial charge >= 0.3 is 5.97 Å². The fourth-order valence-corrected chi connectivity index (χ4v) is 3.81. The summed E-state index contributed by atoms with van der Waals surface area (Å²) in [5.74, 6) is -2.02. The number of hydrogen-bond donors (Lipinski definition) is 1. The van der Waals surface area contributed by atoms with Crippen molar-refractivity contribution in [3.63, 3.8) is 0 Å². The van der Waals surface area contributed by atoms with Gasteiger partial charge in [-0.3, -0.25) is 4.79 Å². The van der Waals surface area contributed by atoms with Crippen LogP contribution in [0, 0.1) is 11.6 Å². The summed E-state index contributed by atoms with van der Waals surface area (Å²) in [6, 6.07) is 0.359. The number of halogens is 3. The van der Waals surface area contributed by atoms with Gasteiger partial charge in [0.2, 0.25) is 0 Å². The average Bonchev–Trinajstić information content (AvgIpc) is 3.35. The molecule has 1 aliphatic rings. The fourth-order valence-electron chi connectivity index (χ4n) is 2.54. The van der Waals surface area contributed by atoms with Crippen LogP contribution in [0.5, 0.6) is 0 Å². The fraction of sp³-hybridized carbons (Fsp3) is 0.611. The zero-order valence-corrected chi connectivity index (χ0v) is 17.7. The molecule has 1 aromatic rings. The van der Waals surface area contributed by atoms with Crippen molar-refractivity contribution in [3.8, 4) is 0 Å². The lowest BCUT2D eigenvalue weighted by Crippen LogP contribution is -2.42. The number of hydrogen-bond acceptors (Lipinski definition) is 4. The van der Waals surface area contributed by atoms with Crippen LogP contribution >= 0.6 is 15.9 Å². The quantitative estimate of drug-likeness (QED) is 0.372. The van der Waals surface area contributed by atoms with Gasteiger partial charge in [0.25, 0.3) is 0 Å². The highest BCUT2D eigenvalue weighted by atomic mass is 79.9. The molecule has 0 bridgehead atoms. The second kappa shape index (κ2) is 8.54. The number of benzene rings is 1. The molecule has 146 valence electrons. The molecule has 0 aromatic heterocycles. The van der Waals surface area contributed by atoms with Gasteiger partial charge in [-0.1, -0.05) is 0 Å². The summed E-state index contributed by atoms with van der Waals surface area (Å²) >= 11 is 1.52. The van der Waals surface area contributed by atoms with Gasteiger partial charge in [-0.15, -0.1) is 4.72 Å². The summed E-state index contributed by atoms with van der Waals surface area (Å²) in [6.07, 6.45) is 1.38. The number of ether oxygens (including phenoxy) is 1. The summed E-state index contributed by atoms with van der Waals surface area (Å²) in [5, 5.41) is 0. The van der Waals surface area contributed by atoms with E-state index in [2.05, 4.69) is 20.7 Å². The van der Waals surface area contributed by atoms with Gasteiger partial charge in [0.15, 0.2) is 0 Å². The van der Waals surface area contributed by atoms with E-state index >= 15 is 4.39 Å². The normalized spacial score (nSPS) is 17.1. The minimum Gasteiger partial charge on any atom is -0.598 e. The minimum absolute atomic E-state index is 0.0574. The van der Waals surface area contributed by atoms with Gasteiger partial charge in [0.1, 0.15) is 16.4 Å². The molecular formula is C18H24BrF2NO3S. The Hall–Kier alpha value is -0.700. The summed E-state index contributed by atoms with van der Waals surface area (Å²) in [6.45, 7) is 7.02. The van der Waals surface area contributed by atoms with E-state index in [1.54, 1.807) is 27.7 Å². The van der Waals surface area contributed by atoms with Gasteiger partial charge in [-0.05, 0) is 74.0 Å². The molecular weight excluding hydrogens is 428 g/mol. The van der Waals surface area contributed by atoms with Crippen molar-refractivity contribution in [1.82, 2.24) is 4.72 Å². The number of esters is 1. The molecule has 1 N–H and O–H groups in total. The molecule has 0 radical (unpaired) electrons. The molecule has 1 fully saturated rings. The summed E-state index contributed by atoms with van der Waals surface area (Å²) < 4.78 is 49.5. The first-order valence-corrected chi connectivity index (χ1v) is 10.5. The van der Waals surface area contributed by atoms with E-state index in [-0.39, 0.29) is 29.0 Å². The van der Waals surface area contributed by atoms with Crippen LogP contribution in [0.4, 0.5) is 8.78 Å². The Morgan fingerprint density at radius 2 is 2.04 bits per heavy atom. The number of carbonyl (C=O) groups is 1. The number of nitrogens with one attached hydrogen (secondary N) is 1. The molecule has 0 saturated heterocycles. The van der Waals surface area contributed by atoms with Gasteiger partial charge < -0.3 is 9.29 Å². The first-order chi connectivity index (χ1) is 12.1. The topological polar surface area (TPSA) is 61.4 Å². The highest BCUT2D eigenvalue weighted by molar-refractivity contribution is 9.10. The average molecular weight is 452 g/mol. The summed E-state index contributed by atoms with van der Waals surface area (Å²) in [4.78, 5) is 12.0. The Morgan fingerprint density at radius 1 is 1.42 bits per heavy atom. The second-order valence-corrected chi connectivity index (χ2v) is 10.2. The largest absolute Gasteiger partial charge is 0.598 e. The number of carbonyl (C=O) groups excluding carboxylic acids is 1. The van der Waals surface area contributed by atoms with Gasteiger partial charge in [-0.2, -0.15) is 0 Å². The lowest BCUT2D eigenvalue weighted by atomic mass is 9.98. The molecule has 1 unspecified atom stereocenters. The third kappa shape index (κ3) is 5.18. The van der Waals surface area contributed by atoms with Crippen LogP contribution < -0.4 is 4.72 Å². The molecule has 0 spiro atoms. The van der Waals surface area contributed by atoms with Gasteiger partial charge in [0.05, 0.1) is 23.5 Å². The van der Waals surface area contributed by atoms with Crippen LogP contribution in [-0.2, 0) is 20.9 Å². The third-order valence-corrected chi connectivity index (χ3v) is 6.25. The molecule has 1 aliphatic carbocycles. The van der Waals surface area contributed by atoms with Crippen LogP contribution in [-0.4, -0.2) is 21.9 Å². The molecule has 0 aliphatic heterocycles. The highest BCUT2D eigenvalue weighted by Crippen LogP contribution is 2.45. The van der Waals surface area contributed by atoms with Crippen LogP contribution in [0.15, 0.2) is 10.5 Å². The third-order valence-electron chi connectivity index (χ3n) is 4.07. The predicted molar refractivity (Wildman–Crippen MR) is 101 cm³/mol. The molecule has 0 amide bonds. The van der Waals surface area contributed by atoms with E-state index in [9.17, 15) is 13.7 Å². The lowest BCUT2D eigenvalue weighted by Gasteiger charge is -2.28. The van der Waals surface area contributed by atoms with Crippen LogP contribution in [0.3, 0.4) is 0 Å². The van der Waals surface area contributed by atoms with E-state index in [1.165, 1.54) is 6.07 Å². The maximum absolute atomic E-state index is 15.1. The summed E-state index contributed by atoms with van der Waals surface area (Å²) in [5.41, 5.74) is 0.150. The Balaban J connectivity index is 2.45. The molecule has 0 heterocycles. The molecule has 8 heteroatoms. The molecule has 1 aromatic carbocycles. The van der Waals surface area contributed by atoms with Crippen molar-refractivity contribution in [2.75, 3.05) is 6.61 Å². The van der Waals surface area contributed by atoms with E-state index in [0.29, 0.717) is 5.56 Å². The molecule has 2 rings (SSSR count). The SMILES string of the molecule is CCOC(=O)C[C@H](N[S+]([O-])C(C)(C)C)c1c(F)c(Br)cc(C2CC2)c1F. The predicted octanol–water partition coefficient (Wildman–Crippen LogP) is 4.65. The standard InChI is InChI=1S/C18H24BrF2NO3S/c1-5-25-14(23)9-13(22-26(24)18(2,3)4)15-16(20)11(10-6-7-10)8-12(19)17(15)21/h8,10,13,22H,5-7,9H2,1-4H3/t13-,26?/m0/s1. The zero-order valence-electron chi connectivity index (χ0n) is 15.3. The molecule has 1 saturated carbocycles. The van der Waals surface area contributed by atoms with Crippen molar-refractivity contribution in [3.05, 3.63) is 33.3 Å². The number of rotatable bonds is 7. The van der Waals surface area contributed by atoms with Crippen molar-refractivity contribution in [2.45, 2.75) is 63.7 Å².